The van der Waals surface area contributed by atoms with Gasteiger partial charge in [-0.1, -0.05) is 32.4 Å². The average molecular weight is 252 g/mol. The molecule has 0 aromatic heterocycles. The fraction of sp³-hybridized carbons (Fsp3) is 0.571. The quantitative estimate of drug-likeness (QED) is 0.707. The SMILES string of the molecule is COC(=O)C1=CC(C(=O)OC)CC(C(C)(C)C)=C1. The zero-order valence-electron chi connectivity index (χ0n) is 11.6. The van der Waals surface area contributed by atoms with Crippen LogP contribution in [0.25, 0.3) is 0 Å². The van der Waals surface area contributed by atoms with Crippen molar-refractivity contribution in [2.24, 2.45) is 11.3 Å². The summed E-state index contributed by atoms with van der Waals surface area (Å²) in [6.07, 6.45) is 4.01. The molecule has 0 radical (unpaired) electrons. The smallest absolute Gasteiger partial charge is 0.337 e. The first kappa shape index (κ1) is 14.5. The van der Waals surface area contributed by atoms with Crippen molar-refractivity contribution in [3.05, 3.63) is 23.3 Å². The van der Waals surface area contributed by atoms with E-state index in [9.17, 15) is 9.59 Å². The fourth-order valence-electron chi connectivity index (χ4n) is 1.88. The molecule has 1 rings (SSSR count). The maximum atomic E-state index is 11.6. The molecule has 100 valence electrons. The van der Waals surface area contributed by atoms with Crippen LogP contribution in [0.4, 0.5) is 0 Å². The first-order valence-corrected chi connectivity index (χ1v) is 5.88. The van der Waals surface area contributed by atoms with Crippen LogP contribution in [0.5, 0.6) is 0 Å². The highest BCUT2D eigenvalue weighted by molar-refractivity contribution is 5.93. The van der Waals surface area contributed by atoms with Gasteiger partial charge in [0.25, 0.3) is 0 Å². The second-order valence-corrected chi connectivity index (χ2v) is 5.37. The summed E-state index contributed by atoms with van der Waals surface area (Å²) in [6.45, 7) is 6.15. The third kappa shape index (κ3) is 3.22. The Hall–Kier alpha value is -1.58. The Bertz CT molecular complexity index is 410. The minimum Gasteiger partial charge on any atom is -0.469 e. The molecule has 1 unspecified atom stereocenters. The number of carbonyl (C=O) groups excluding carboxylic acids is 2. The second-order valence-electron chi connectivity index (χ2n) is 5.37. The summed E-state index contributed by atoms with van der Waals surface area (Å²) in [5.41, 5.74) is 1.37. The molecular formula is C14H20O4. The highest BCUT2D eigenvalue weighted by Gasteiger charge is 2.30. The van der Waals surface area contributed by atoms with Gasteiger partial charge in [-0.05, 0) is 17.9 Å². The van der Waals surface area contributed by atoms with Gasteiger partial charge >= 0.3 is 11.9 Å². The molecule has 0 fully saturated rings. The van der Waals surface area contributed by atoms with Crippen molar-refractivity contribution in [1.82, 2.24) is 0 Å². The van der Waals surface area contributed by atoms with E-state index in [1.807, 2.05) is 26.8 Å². The van der Waals surface area contributed by atoms with Crippen LogP contribution in [-0.2, 0) is 19.1 Å². The normalized spacial score (nSPS) is 19.7. The van der Waals surface area contributed by atoms with Gasteiger partial charge in [0.05, 0.1) is 25.7 Å². The highest BCUT2D eigenvalue weighted by Crippen LogP contribution is 2.35. The van der Waals surface area contributed by atoms with Crippen molar-refractivity contribution in [3.63, 3.8) is 0 Å². The molecule has 0 saturated heterocycles. The lowest BCUT2D eigenvalue weighted by Crippen LogP contribution is -2.24. The van der Waals surface area contributed by atoms with E-state index in [1.54, 1.807) is 6.08 Å². The number of allylic oxidation sites excluding steroid dienone is 1. The number of rotatable bonds is 2. The third-order valence-corrected chi connectivity index (χ3v) is 3.04. The van der Waals surface area contributed by atoms with Gasteiger partial charge in [0.2, 0.25) is 0 Å². The maximum absolute atomic E-state index is 11.6. The van der Waals surface area contributed by atoms with Crippen LogP contribution < -0.4 is 0 Å². The summed E-state index contributed by atoms with van der Waals surface area (Å²) >= 11 is 0. The van der Waals surface area contributed by atoms with Crippen LogP contribution in [0.3, 0.4) is 0 Å². The monoisotopic (exact) mass is 252 g/mol. The van der Waals surface area contributed by atoms with E-state index in [2.05, 4.69) is 0 Å². The molecule has 18 heavy (non-hydrogen) atoms. The molecule has 0 aliphatic heterocycles. The van der Waals surface area contributed by atoms with Crippen molar-refractivity contribution in [2.45, 2.75) is 27.2 Å². The van der Waals surface area contributed by atoms with Gasteiger partial charge in [0.15, 0.2) is 0 Å². The van der Waals surface area contributed by atoms with Crippen molar-refractivity contribution in [1.29, 1.82) is 0 Å². The van der Waals surface area contributed by atoms with Crippen LogP contribution in [-0.4, -0.2) is 26.2 Å². The molecule has 0 aromatic carbocycles. The van der Waals surface area contributed by atoms with E-state index >= 15 is 0 Å². The molecule has 0 saturated carbocycles. The van der Waals surface area contributed by atoms with E-state index in [0.717, 1.165) is 5.57 Å². The highest BCUT2D eigenvalue weighted by atomic mass is 16.5. The summed E-state index contributed by atoms with van der Waals surface area (Å²) in [5, 5.41) is 0. The standard InChI is InChI=1S/C14H20O4/c1-14(2,3)11-7-9(12(15)17-4)6-10(8-11)13(16)18-5/h6-7,10H,8H2,1-5H3. The van der Waals surface area contributed by atoms with Crippen molar-refractivity contribution in [3.8, 4) is 0 Å². The van der Waals surface area contributed by atoms with E-state index in [1.165, 1.54) is 14.2 Å². The molecule has 4 heteroatoms. The summed E-state index contributed by atoms with van der Waals surface area (Å²) in [7, 11) is 2.68. The Balaban J connectivity index is 3.11. The second kappa shape index (κ2) is 5.38. The Kier molecular flexibility index (Phi) is 4.33. The van der Waals surface area contributed by atoms with E-state index in [0.29, 0.717) is 12.0 Å². The number of methoxy groups -OCH3 is 2. The number of hydrogen-bond donors (Lipinski definition) is 0. The van der Waals surface area contributed by atoms with E-state index in [-0.39, 0.29) is 11.4 Å². The minimum atomic E-state index is -0.426. The van der Waals surface area contributed by atoms with Crippen molar-refractivity contribution < 1.29 is 19.1 Å². The summed E-state index contributed by atoms with van der Waals surface area (Å²) in [5.74, 6) is -1.17. The molecule has 0 aromatic rings. The van der Waals surface area contributed by atoms with E-state index in [4.69, 9.17) is 9.47 Å². The summed E-state index contributed by atoms with van der Waals surface area (Å²) < 4.78 is 9.46. The zero-order chi connectivity index (χ0) is 13.9. The topological polar surface area (TPSA) is 52.6 Å². The number of ether oxygens (including phenoxy) is 2. The lowest BCUT2D eigenvalue weighted by atomic mass is 9.77. The van der Waals surface area contributed by atoms with Crippen LogP contribution in [0.2, 0.25) is 0 Å². The van der Waals surface area contributed by atoms with E-state index < -0.39 is 11.9 Å². The lowest BCUT2D eigenvalue weighted by molar-refractivity contribution is -0.143. The Morgan fingerprint density at radius 1 is 1.22 bits per heavy atom. The molecule has 4 nitrogen and oxygen atoms in total. The number of carbonyl (C=O) groups is 2. The van der Waals surface area contributed by atoms with Gasteiger partial charge in [-0.2, -0.15) is 0 Å². The zero-order valence-corrected chi connectivity index (χ0v) is 11.6. The van der Waals surface area contributed by atoms with Gasteiger partial charge in [-0.15, -0.1) is 0 Å². The fourth-order valence-corrected chi connectivity index (χ4v) is 1.88. The molecule has 0 amide bonds. The van der Waals surface area contributed by atoms with Gasteiger partial charge < -0.3 is 9.47 Å². The molecule has 0 heterocycles. The summed E-state index contributed by atoms with van der Waals surface area (Å²) in [4.78, 5) is 23.3. The van der Waals surface area contributed by atoms with Gasteiger partial charge in [-0.3, -0.25) is 4.79 Å². The first-order chi connectivity index (χ1) is 8.29. The van der Waals surface area contributed by atoms with Crippen LogP contribution >= 0.6 is 0 Å². The Morgan fingerprint density at radius 3 is 2.28 bits per heavy atom. The summed E-state index contributed by atoms with van der Waals surface area (Å²) in [6, 6.07) is 0. The number of esters is 2. The van der Waals surface area contributed by atoms with Crippen LogP contribution in [0.15, 0.2) is 23.3 Å². The van der Waals surface area contributed by atoms with Gasteiger partial charge in [-0.25, -0.2) is 4.79 Å². The molecule has 0 bridgehead atoms. The molecule has 1 atom stereocenters. The lowest BCUT2D eigenvalue weighted by Gasteiger charge is -2.28. The molecule has 1 aliphatic rings. The largest absolute Gasteiger partial charge is 0.469 e. The van der Waals surface area contributed by atoms with Crippen molar-refractivity contribution >= 4 is 11.9 Å². The predicted octanol–water partition coefficient (Wildman–Crippen LogP) is 2.25. The maximum Gasteiger partial charge on any atom is 0.337 e. The number of hydrogen-bond acceptors (Lipinski definition) is 4. The van der Waals surface area contributed by atoms with Crippen LogP contribution in [0, 0.1) is 11.3 Å². The minimum absolute atomic E-state index is 0.0974. The molecule has 0 spiro atoms. The predicted molar refractivity (Wildman–Crippen MR) is 67.8 cm³/mol. The van der Waals surface area contributed by atoms with Crippen LogP contribution in [0.1, 0.15) is 27.2 Å². The van der Waals surface area contributed by atoms with Gasteiger partial charge in [0.1, 0.15) is 0 Å². The molecule has 1 aliphatic carbocycles. The van der Waals surface area contributed by atoms with Crippen molar-refractivity contribution in [2.75, 3.05) is 14.2 Å². The third-order valence-electron chi connectivity index (χ3n) is 3.04. The first-order valence-electron chi connectivity index (χ1n) is 5.88. The Labute approximate surface area is 108 Å². The Morgan fingerprint density at radius 2 is 1.83 bits per heavy atom. The van der Waals surface area contributed by atoms with Gasteiger partial charge in [0, 0.05) is 0 Å². The molecule has 0 N–H and O–H groups in total. The molecular weight excluding hydrogens is 232 g/mol. The average Bonchev–Trinajstić information content (AvgIpc) is 2.35.